The van der Waals surface area contributed by atoms with Gasteiger partial charge in [0.1, 0.15) is 6.17 Å². The number of unbranched alkanes of at least 4 members (excludes halogenated alkanes) is 1. The van der Waals surface area contributed by atoms with Gasteiger partial charge in [-0.15, -0.1) is 0 Å². The van der Waals surface area contributed by atoms with Crippen LogP contribution >= 0.6 is 0 Å². The molecule has 0 spiro atoms. The van der Waals surface area contributed by atoms with Crippen molar-refractivity contribution in [2.75, 3.05) is 33.5 Å². The van der Waals surface area contributed by atoms with Gasteiger partial charge in [-0.05, 0) is 87.3 Å². The van der Waals surface area contributed by atoms with Gasteiger partial charge in [0.05, 0.1) is 49.4 Å². The first-order valence-corrected chi connectivity index (χ1v) is 19.3. The second-order valence-electron chi connectivity index (χ2n) is 15.8. The maximum Gasteiger partial charge on any atom is 0.514 e. The molecule has 0 radical (unpaired) electrons. The monoisotopic (exact) mass is 856 g/mol. The minimum absolute atomic E-state index is 0.0209. The molecule has 5 N–H and O–H groups in total. The molecular weight excluding hydrogens is 806 g/mol. The van der Waals surface area contributed by atoms with E-state index in [4.69, 9.17) is 44.5 Å². The molecule has 0 aliphatic heterocycles. The topological polar surface area (TPSA) is 258 Å². The number of allylic oxidation sites excluding steroid dienone is 4. The highest BCUT2D eigenvalue weighted by atomic mass is 19.1. The molecule has 0 amide bonds. The van der Waals surface area contributed by atoms with Crippen LogP contribution in [0.4, 0.5) is 13.6 Å². The summed E-state index contributed by atoms with van der Waals surface area (Å²) in [5.74, 6) is -6.50. The number of methoxy groups -OCH3 is 1. The van der Waals surface area contributed by atoms with E-state index in [0.717, 1.165) is 12.2 Å². The van der Waals surface area contributed by atoms with Crippen molar-refractivity contribution in [1.29, 1.82) is 0 Å². The number of esters is 2. The zero-order valence-corrected chi connectivity index (χ0v) is 33.4. The summed E-state index contributed by atoms with van der Waals surface area (Å²) in [5.41, 5.74) is -8.05. The second kappa shape index (κ2) is 18.7. The van der Waals surface area contributed by atoms with Crippen LogP contribution in [-0.4, -0.2) is 123 Å². The molecule has 0 aromatic heterocycles. The van der Waals surface area contributed by atoms with Gasteiger partial charge >= 0.3 is 18.1 Å². The number of aliphatic hydroxyl groups is 1. The number of fused-ring (bicyclic) bond motifs is 5. The molecule has 1 aromatic rings. The van der Waals surface area contributed by atoms with Gasteiger partial charge in [0, 0.05) is 29.1 Å². The summed E-state index contributed by atoms with van der Waals surface area (Å²) in [6.07, 6.45) is -2.30. The zero-order valence-electron chi connectivity index (χ0n) is 33.4. The predicted molar refractivity (Wildman–Crippen MR) is 193 cm³/mol. The van der Waals surface area contributed by atoms with E-state index in [0.29, 0.717) is 12.8 Å². The minimum Gasteiger partial charge on any atom is -0.493 e. The van der Waals surface area contributed by atoms with Crippen LogP contribution in [0.1, 0.15) is 76.1 Å². The maximum absolute atomic E-state index is 17.9. The molecule has 5 rings (SSSR count). The normalized spacial score (nSPS) is 31.8. The summed E-state index contributed by atoms with van der Waals surface area (Å²) in [6.45, 7) is 3.08. The average Bonchev–Trinajstić information content (AvgIpc) is 3.40. The van der Waals surface area contributed by atoms with Gasteiger partial charge in [-0.3, -0.25) is 44.9 Å². The van der Waals surface area contributed by atoms with Gasteiger partial charge in [0.2, 0.25) is 5.78 Å². The number of halogens is 2. The van der Waals surface area contributed by atoms with Crippen molar-refractivity contribution >= 4 is 29.7 Å². The lowest BCUT2D eigenvalue weighted by Crippen LogP contribution is -2.71. The lowest BCUT2D eigenvalue weighted by molar-refractivity contribution is -0.492. The van der Waals surface area contributed by atoms with Gasteiger partial charge in [0.15, 0.2) is 35.2 Å². The lowest BCUT2D eigenvalue weighted by atomic mass is 9.44. The maximum atomic E-state index is 17.9. The molecule has 60 heavy (non-hydrogen) atoms. The van der Waals surface area contributed by atoms with E-state index in [1.807, 2.05) is 0 Å². The Morgan fingerprint density at radius 2 is 1.58 bits per heavy atom. The Morgan fingerprint density at radius 1 is 0.917 bits per heavy atom. The van der Waals surface area contributed by atoms with Crippen molar-refractivity contribution in [3.8, 4) is 11.5 Å². The summed E-state index contributed by atoms with van der Waals surface area (Å²) in [6, 6.07) is 3.70. The Bertz CT molecular complexity index is 1860. The third-order valence-corrected chi connectivity index (χ3v) is 12.5. The summed E-state index contributed by atoms with van der Waals surface area (Å²) in [4.78, 5) is 74.9. The molecule has 4 aliphatic rings. The van der Waals surface area contributed by atoms with Gasteiger partial charge in [-0.25, -0.2) is 18.4 Å². The second-order valence-corrected chi connectivity index (χ2v) is 15.8. The highest BCUT2D eigenvalue weighted by Crippen LogP contribution is 2.71. The molecule has 19 nitrogen and oxygen atoms in total. The Kier molecular flexibility index (Phi) is 14.5. The smallest absolute Gasteiger partial charge is 0.493 e. The van der Waals surface area contributed by atoms with Crippen LogP contribution in [0.25, 0.3) is 0 Å². The highest BCUT2D eigenvalue weighted by Gasteiger charge is 2.78. The molecule has 0 saturated heterocycles. The highest BCUT2D eigenvalue weighted by molar-refractivity contribution is 6.01. The number of Topliss-reactive ketones (excluding diaryl/α,β-unsaturated/α-hetero) is 1. The molecule has 9 atom stereocenters. The van der Waals surface area contributed by atoms with Gasteiger partial charge < -0.3 is 28.8 Å². The lowest BCUT2D eigenvalue weighted by Gasteiger charge is -2.63. The standard InChI is InChI=1S/C39H50F2N2O17/c1-22-16-25-26-19-28(40)27-18-24(44)11-12-36(27,2)38(26,41)31(45)20-37(25,3)39(22,60-33(47)8-7-15-58-43(52)53)32(46)21-56-35(49)59-29-10-9-23(17-30(29)54-4)34(48)55-13-5-6-14-57-42(50)51/h9-12,17-18,22,25-26,28,31,45,50-53H,5-8,13-16,19-21H2,1-4H3/t22-,25?,26?,28+,31+,36+,37+,38+,39+/m1/s1. The molecule has 2 unspecified atom stereocenters. The van der Waals surface area contributed by atoms with Crippen LogP contribution in [0.15, 0.2) is 42.0 Å². The van der Waals surface area contributed by atoms with Crippen molar-refractivity contribution < 1.29 is 92.0 Å². The zero-order chi connectivity index (χ0) is 44.2. The Labute approximate surface area is 342 Å². The van der Waals surface area contributed by atoms with Crippen molar-refractivity contribution in [1.82, 2.24) is 10.8 Å². The molecule has 0 heterocycles. The molecular formula is C39H50F2N2O17. The van der Waals surface area contributed by atoms with E-state index in [-0.39, 0.29) is 55.3 Å². The van der Waals surface area contributed by atoms with E-state index in [2.05, 4.69) is 9.68 Å². The van der Waals surface area contributed by atoms with E-state index in [1.54, 1.807) is 13.8 Å². The first kappa shape index (κ1) is 46.6. The van der Waals surface area contributed by atoms with Gasteiger partial charge in [0.25, 0.3) is 0 Å². The number of carbonyl (C=O) groups excluding carboxylic acids is 5. The Morgan fingerprint density at radius 3 is 2.25 bits per heavy atom. The third kappa shape index (κ3) is 8.81. The SMILES string of the molecule is COc1cc(C(=O)OCCCCON(O)O)ccc1OC(=O)OCC(=O)[C@@]1(OC(=O)CCCON(O)O)[C@H](C)CC2C3C[C@H](F)C4=CC(=O)C=C[C@]4(C)[C@@]3(F)[C@@H](O)C[C@@]21C. The van der Waals surface area contributed by atoms with E-state index in [9.17, 15) is 29.1 Å². The fourth-order valence-electron chi connectivity index (χ4n) is 9.81. The van der Waals surface area contributed by atoms with Crippen molar-refractivity contribution in [2.24, 2.45) is 28.6 Å². The largest absolute Gasteiger partial charge is 0.514 e. The number of ketones is 2. The summed E-state index contributed by atoms with van der Waals surface area (Å²) in [7, 11) is 1.23. The predicted octanol–water partition coefficient (Wildman–Crippen LogP) is 4.37. The number of ether oxygens (including phenoxy) is 5. The number of nitrogens with zero attached hydrogens (tertiary/aromatic N) is 2. The number of carbonyl (C=O) groups is 5. The number of alkyl halides is 2. The van der Waals surface area contributed by atoms with Crippen LogP contribution in [0.3, 0.4) is 0 Å². The Balaban J connectivity index is 1.35. The fraction of sp³-hybridized carbons (Fsp3) is 0.615. The van der Waals surface area contributed by atoms with E-state index < -0.39 is 118 Å². The van der Waals surface area contributed by atoms with Crippen LogP contribution < -0.4 is 9.47 Å². The van der Waals surface area contributed by atoms with Gasteiger partial charge in [-0.2, -0.15) is 0 Å². The molecule has 4 aliphatic carbocycles. The Hall–Kier alpha value is -4.45. The fourth-order valence-corrected chi connectivity index (χ4v) is 9.81. The van der Waals surface area contributed by atoms with Crippen molar-refractivity contribution in [3.05, 3.63) is 47.6 Å². The van der Waals surface area contributed by atoms with Crippen LogP contribution in [-0.2, 0) is 38.3 Å². The average molecular weight is 857 g/mol. The number of benzene rings is 1. The number of hydrogen-bond donors (Lipinski definition) is 5. The minimum atomic E-state index is -2.50. The number of aliphatic hydroxyl groups excluding tert-OH is 1. The molecule has 1 aromatic carbocycles. The number of hydrogen-bond acceptors (Lipinski definition) is 19. The quantitative estimate of drug-likeness (QED) is 0.0452. The summed E-state index contributed by atoms with van der Waals surface area (Å²) >= 11 is 0. The summed E-state index contributed by atoms with van der Waals surface area (Å²) in [5, 5.41) is 45.7. The van der Waals surface area contributed by atoms with Crippen LogP contribution in [0.5, 0.6) is 11.5 Å². The molecule has 0 bridgehead atoms. The van der Waals surface area contributed by atoms with Gasteiger partial charge in [-0.1, -0.05) is 19.9 Å². The molecule has 3 saturated carbocycles. The van der Waals surface area contributed by atoms with E-state index in [1.165, 1.54) is 38.3 Å². The summed E-state index contributed by atoms with van der Waals surface area (Å²) < 4.78 is 60.9. The third-order valence-electron chi connectivity index (χ3n) is 12.5. The van der Waals surface area contributed by atoms with Crippen molar-refractivity contribution in [3.63, 3.8) is 0 Å². The van der Waals surface area contributed by atoms with Crippen molar-refractivity contribution in [2.45, 2.75) is 89.3 Å². The number of rotatable bonds is 18. The molecule has 332 valence electrons. The first-order chi connectivity index (χ1) is 28.2. The van der Waals surface area contributed by atoms with Crippen LogP contribution in [0, 0.1) is 28.6 Å². The molecule has 21 heteroatoms. The first-order valence-electron chi connectivity index (χ1n) is 19.3. The van der Waals surface area contributed by atoms with E-state index >= 15 is 8.78 Å². The van der Waals surface area contributed by atoms with Crippen LogP contribution in [0.2, 0.25) is 0 Å². The molecule has 3 fully saturated rings.